The first kappa shape index (κ1) is 45.1. The van der Waals surface area contributed by atoms with Crippen LogP contribution < -0.4 is 35.8 Å². The number of fused-ring (bicyclic) bond motifs is 7. The van der Waals surface area contributed by atoms with Gasteiger partial charge in [0.2, 0.25) is 0 Å². The molecule has 2 aliphatic rings. The molecule has 6 heteroatoms. The summed E-state index contributed by atoms with van der Waals surface area (Å²) in [4.78, 5) is 7.24. The van der Waals surface area contributed by atoms with Gasteiger partial charge >= 0.3 is 0 Å². The summed E-state index contributed by atoms with van der Waals surface area (Å²) < 4.78 is 9.72. The van der Waals surface area contributed by atoms with Gasteiger partial charge in [0.15, 0.2) is 0 Å². The lowest BCUT2D eigenvalue weighted by Crippen LogP contribution is -2.59. The van der Waals surface area contributed by atoms with Gasteiger partial charge in [0.25, 0.3) is 6.71 Å². The Hall–Kier alpha value is -10.3. The molecule has 15 rings (SSSR count). The van der Waals surface area contributed by atoms with E-state index in [9.17, 15) is 0 Å². The molecule has 2 aliphatic heterocycles. The Morgan fingerprint density at radius 3 is 1.26 bits per heavy atom. The van der Waals surface area contributed by atoms with E-state index in [1.807, 2.05) is 0 Å². The van der Waals surface area contributed by atoms with Crippen LogP contribution in [-0.4, -0.2) is 11.3 Å². The second-order valence-corrected chi connectivity index (χ2v) is 20.0. The molecule has 0 unspecified atom stereocenters. The van der Waals surface area contributed by atoms with Crippen molar-refractivity contribution < 1.29 is 4.74 Å². The van der Waals surface area contributed by atoms with Crippen LogP contribution in [0.2, 0.25) is 0 Å². The van der Waals surface area contributed by atoms with Gasteiger partial charge in [0.1, 0.15) is 11.5 Å². The summed E-state index contributed by atoms with van der Waals surface area (Å²) in [6.07, 6.45) is 0. The number of benzene rings is 12. The lowest BCUT2D eigenvalue weighted by atomic mass is 9.34. The first-order valence-electron chi connectivity index (χ1n) is 26.7. The van der Waals surface area contributed by atoms with Crippen LogP contribution in [0.5, 0.6) is 11.5 Å². The van der Waals surface area contributed by atoms with Crippen molar-refractivity contribution in [3.8, 4) is 39.4 Å². The van der Waals surface area contributed by atoms with Gasteiger partial charge in [-0.3, -0.25) is 0 Å². The fraction of sp³-hybridized carbons (Fsp3) is 0. The molecular formula is C72H49BN4O. The zero-order chi connectivity index (χ0) is 51.5. The average Bonchev–Trinajstić information content (AvgIpc) is 3.91. The van der Waals surface area contributed by atoms with Gasteiger partial charge < -0.3 is 24.0 Å². The van der Waals surface area contributed by atoms with E-state index in [1.165, 1.54) is 5.46 Å². The van der Waals surface area contributed by atoms with Crippen molar-refractivity contribution in [2.75, 3.05) is 14.7 Å². The van der Waals surface area contributed by atoms with E-state index >= 15 is 0 Å². The Kier molecular flexibility index (Phi) is 10.9. The van der Waals surface area contributed by atoms with Gasteiger partial charge in [0.05, 0.1) is 22.4 Å². The van der Waals surface area contributed by atoms with Crippen molar-refractivity contribution in [3.05, 3.63) is 297 Å². The zero-order valence-electron chi connectivity index (χ0n) is 42.6. The van der Waals surface area contributed by atoms with Crippen LogP contribution >= 0.6 is 0 Å². The van der Waals surface area contributed by atoms with E-state index in [4.69, 9.17) is 4.74 Å². The molecular weight excluding hydrogens is 948 g/mol. The number of hydrogen-bond acceptors (Lipinski definition) is 4. The molecule has 0 amide bonds. The minimum absolute atomic E-state index is 0.0716. The molecule has 12 aromatic carbocycles. The molecule has 0 radical (unpaired) electrons. The molecule has 3 heterocycles. The van der Waals surface area contributed by atoms with Gasteiger partial charge in [-0.15, -0.1) is 0 Å². The van der Waals surface area contributed by atoms with E-state index in [1.54, 1.807) is 0 Å². The lowest BCUT2D eigenvalue weighted by Gasteiger charge is -2.41. The Morgan fingerprint density at radius 2 is 0.756 bits per heavy atom. The maximum atomic E-state index is 7.26. The Labute approximate surface area is 454 Å². The molecule has 1 aromatic heterocycles. The van der Waals surface area contributed by atoms with Crippen molar-refractivity contribution in [2.45, 2.75) is 0 Å². The number of aromatic nitrogens is 1. The lowest BCUT2D eigenvalue weighted by molar-refractivity contribution is 0.487. The van der Waals surface area contributed by atoms with E-state index in [-0.39, 0.29) is 6.71 Å². The predicted molar refractivity (Wildman–Crippen MR) is 327 cm³/mol. The van der Waals surface area contributed by atoms with Crippen molar-refractivity contribution in [3.63, 3.8) is 0 Å². The predicted octanol–water partition coefficient (Wildman–Crippen LogP) is 17.5. The second kappa shape index (κ2) is 18.8. The van der Waals surface area contributed by atoms with Crippen LogP contribution in [-0.2, 0) is 0 Å². The Balaban J connectivity index is 1.03. The van der Waals surface area contributed by atoms with Crippen molar-refractivity contribution in [1.29, 1.82) is 0 Å². The molecule has 78 heavy (non-hydrogen) atoms. The molecule has 5 nitrogen and oxygen atoms in total. The summed E-state index contributed by atoms with van der Waals surface area (Å²) in [5, 5.41) is 2.25. The third kappa shape index (κ3) is 7.49. The van der Waals surface area contributed by atoms with E-state index < -0.39 is 0 Å². The Morgan fingerprint density at radius 1 is 0.321 bits per heavy atom. The molecule has 0 saturated carbocycles. The summed E-state index contributed by atoms with van der Waals surface area (Å²) >= 11 is 0. The molecule has 0 bridgehead atoms. The standard InChI is InChI=1S/C72H49BN4O/c1-7-24-50(25-8-1)59-36-23-37-60(51-26-9-2-10-27-51)72(59)77-67-40-21-19-38-63(67)73-64-39-20-22-41-69(64)78-70-49-58(48-68(77)71(70)73)76-65-44-42-56(74(52-28-11-3-12-29-52)53-30-13-4-14-31-53)46-61(65)62-47-57(43-45-66(62)76)75(54-32-15-5-16-33-54)55-34-17-6-18-35-55/h1-49H. The quantitative estimate of drug-likeness (QED) is 0.127. The highest BCUT2D eigenvalue weighted by atomic mass is 16.5. The number of hydrogen-bond donors (Lipinski definition) is 0. The number of anilines is 9. The highest BCUT2D eigenvalue weighted by Crippen LogP contribution is 2.50. The van der Waals surface area contributed by atoms with Gasteiger partial charge in [-0.05, 0) is 131 Å². The van der Waals surface area contributed by atoms with Gasteiger partial charge in [-0.1, -0.05) is 188 Å². The van der Waals surface area contributed by atoms with Crippen LogP contribution in [0.4, 0.5) is 51.2 Å². The van der Waals surface area contributed by atoms with Crippen LogP contribution in [0, 0.1) is 0 Å². The van der Waals surface area contributed by atoms with Gasteiger partial charge in [-0.2, -0.15) is 0 Å². The SMILES string of the molecule is c1ccc(-c2cccc(-c3ccccc3)c2N2c3ccccc3B3c4ccccc4Oc4cc(-n5c6ccc(N(c7ccccc7)c7ccccc7)cc6c6cc(N(c7ccccc7)c7ccccc7)ccc65)cc2c43)cc1. The summed E-state index contributed by atoms with van der Waals surface area (Å²) in [5.41, 5.74) is 21.0. The number of nitrogens with zero attached hydrogens (tertiary/aromatic N) is 4. The first-order valence-corrected chi connectivity index (χ1v) is 26.7. The highest BCUT2D eigenvalue weighted by molar-refractivity contribution is 6.99. The van der Waals surface area contributed by atoms with E-state index in [0.717, 1.165) is 123 Å². The van der Waals surface area contributed by atoms with E-state index in [0.29, 0.717) is 0 Å². The number of ether oxygens (including phenoxy) is 1. The molecule has 0 N–H and O–H groups in total. The fourth-order valence-electron chi connectivity index (χ4n) is 12.2. The topological polar surface area (TPSA) is 23.9 Å². The smallest absolute Gasteiger partial charge is 0.256 e. The van der Waals surface area contributed by atoms with Crippen LogP contribution in [0.1, 0.15) is 0 Å². The summed E-state index contributed by atoms with van der Waals surface area (Å²) in [5.74, 6) is 1.71. The molecule has 0 fully saturated rings. The molecule has 0 atom stereocenters. The Bertz CT molecular complexity index is 4080. The summed E-state index contributed by atoms with van der Waals surface area (Å²) in [6.45, 7) is -0.0716. The molecule has 0 aliphatic carbocycles. The van der Waals surface area contributed by atoms with Gasteiger partial charge in [0, 0.05) is 73.5 Å². The highest BCUT2D eigenvalue weighted by Gasteiger charge is 2.43. The molecule has 0 saturated heterocycles. The second-order valence-electron chi connectivity index (χ2n) is 20.0. The monoisotopic (exact) mass is 996 g/mol. The normalized spacial score (nSPS) is 12.2. The van der Waals surface area contributed by atoms with Crippen LogP contribution in [0.25, 0.3) is 49.7 Å². The largest absolute Gasteiger partial charge is 0.458 e. The summed E-state index contributed by atoms with van der Waals surface area (Å²) in [6, 6.07) is 107. The summed E-state index contributed by atoms with van der Waals surface area (Å²) in [7, 11) is 0. The zero-order valence-corrected chi connectivity index (χ0v) is 42.6. The van der Waals surface area contributed by atoms with Crippen molar-refractivity contribution in [1.82, 2.24) is 4.57 Å². The number of para-hydroxylation sites is 7. The minimum atomic E-state index is -0.0716. The van der Waals surface area contributed by atoms with E-state index in [2.05, 4.69) is 317 Å². The maximum absolute atomic E-state index is 7.26. The minimum Gasteiger partial charge on any atom is -0.458 e. The third-order valence-corrected chi connectivity index (χ3v) is 15.6. The first-order chi connectivity index (χ1) is 38.7. The van der Waals surface area contributed by atoms with Crippen molar-refractivity contribution >= 4 is 96.1 Å². The van der Waals surface area contributed by atoms with Crippen LogP contribution in [0.3, 0.4) is 0 Å². The third-order valence-electron chi connectivity index (χ3n) is 15.6. The molecule has 366 valence electrons. The average molecular weight is 997 g/mol. The van der Waals surface area contributed by atoms with Crippen molar-refractivity contribution in [2.24, 2.45) is 0 Å². The van der Waals surface area contributed by atoms with Crippen LogP contribution in [0.15, 0.2) is 297 Å². The number of rotatable bonds is 10. The molecule has 0 spiro atoms. The fourth-order valence-corrected chi connectivity index (χ4v) is 12.2. The molecule has 13 aromatic rings. The van der Waals surface area contributed by atoms with Gasteiger partial charge in [-0.25, -0.2) is 0 Å². The maximum Gasteiger partial charge on any atom is 0.256 e.